The molecule has 0 radical (unpaired) electrons. The maximum absolute atomic E-state index is 13.1. The number of amides is 2. The van der Waals surface area contributed by atoms with E-state index in [1.54, 1.807) is 44.9 Å². The van der Waals surface area contributed by atoms with E-state index in [9.17, 15) is 9.59 Å². The maximum atomic E-state index is 13.1. The number of nitrogens with zero attached hydrogens (tertiary/aromatic N) is 5. The number of carbonyl (C=O) groups is 2. The van der Waals surface area contributed by atoms with Gasteiger partial charge in [0.1, 0.15) is 11.4 Å². The highest BCUT2D eigenvalue weighted by Gasteiger charge is 2.28. The third-order valence-electron chi connectivity index (χ3n) is 4.91. The van der Waals surface area contributed by atoms with Crippen molar-refractivity contribution < 1.29 is 9.59 Å². The van der Waals surface area contributed by atoms with E-state index < -0.39 is 0 Å². The quantitative estimate of drug-likeness (QED) is 0.682. The number of benzene rings is 1. The first-order chi connectivity index (χ1) is 13.5. The lowest BCUT2D eigenvalue weighted by molar-refractivity contribution is 0.0535. The van der Waals surface area contributed by atoms with Crippen LogP contribution in [-0.4, -0.2) is 62.1 Å². The van der Waals surface area contributed by atoms with Crippen molar-refractivity contribution in [1.82, 2.24) is 24.1 Å². The summed E-state index contributed by atoms with van der Waals surface area (Å²) in [7, 11) is 1.81. The summed E-state index contributed by atoms with van der Waals surface area (Å²) < 4.78 is 3.56. The van der Waals surface area contributed by atoms with Crippen molar-refractivity contribution in [2.75, 3.05) is 26.2 Å². The average Bonchev–Trinajstić information content (AvgIpc) is 3.36. The normalized spacial score (nSPS) is 14.4. The number of aromatic nitrogens is 3. The second-order valence-corrected chi connectivity index (χ2v) is 7.13. The number of halogens is 1. The van der Waals surface area contributed by atoms with Crippen LogP contribution in [0.15, 0.2) is 55.0 Å². The lowest BCUT2D eigenvalue weighted by Crippen LogP contribution is -2.50. The highest BCUT2D eigenvalue weighted by atomic mass is 35.5. The summed E-state index contributed by atoms with van der Waals surface area (Å²) in [6, 6.07) is 10.7. The van der Waals surface area contributed by atoms with Crippen LogP contribution in [0.25, 0.3) is 5.82 Å². The molecule has 1 aromatic carbocycles. The summed E-state index contributed by atoms with van der Waals surface area (Å²) in [6.45, 7) is 1.92. The molecule has 4 rings (SSSR count). The van der Waals surface area contributed by atoms with Crippen LogP contribution in [0.5, 0.6) is 0 Å². The zero-order valence-corrected chi connectivity index (χ0v) is 16.2. The molecule has 2 amide bonds. The van der Waals surface area contributed by atoms with Crippen molar-refractivity contribution in [1.29, 1.82) is 0 Å². The summed E-state index contributed by atoms with van der Waals surface area (Å²) in [6.07, 6.45) is 5.37. The minimum Gasteiger partial charge on any atom is -0.335 e. The van der Waals surface area contributed by atoms with E-state index in [0.29, 0.717) is 42.3 Å². The van der Waals surface area contributed by atoms with Gasteiger partial charge in [-0.2, -0.15) is 5.10 Å². The van der Waals surface area contributed by atoms with Gasteiger partial charge in [0.15, 0.2) is 0 Å². The SMILES string of the molecule is Cn1ncc(C(=O)N2CCN(C(=O)c3cccc(Cl)c3)CC2)c1-n1cccc1. The fourth-order valence-electron chi connectivity index (χ4n) is 3.45. The molecule has 0 saturated carbocycles. The molecule has 1 saturated heterocycles. The summed E-state index contributed by atoms with van der Waals surface area (Å²) in [5, 5.41) is 4.79. The van der Waals surface area contributed by atoms with Crippen LogP contribution in [-0.2, 0) is 7.05 Å². The molecule has 1 fully saturated rings. The van der Waals surface area contributed by atoms with E-state index in [0.717, 1.165) is 5.82 Å². The van der Waals surface area contributed by atoms with Crippen molar-refractivity contribution in [3.63, 3.8) is 0 Å². The molecule has 3 heterocycles. The summed E-state index contributed by atoms with van der Waals surface area (Å²) in [5.74, 6) is 0.586. The van der Waals surface area contributed by atoms with E-state index in [4.69, 9.17) is 11.6 Å². The average molecular weight is 398 g/mol. The summed E-state index contributed by atoms with van der Waals surface area (Å²) in [5.41, 5.74) is 1.11. The molecule has 0 bridgehead atoms. The zero-order valence-electron chi connectivity index (χ0n) is 15.5. The summed E-state index contributed by atoms with van der Waals surface area (Å²) >= 11 is 5.99. The Kier molecular flexibility index (Phi) is 4.92. The summed E-state index contributed by atoms with van der Waals surface area (Å²) in [4.78, 5) is 29.2. The minimum absolute atomic E-state index is 0.0657. The molecule has 2 aromatic heterocycles. The van der Waals surface area contributed by atoms with Gasteiger partial charge >= 0.3 is 0 Å². The molecule has 144 valence electrons. The van der Waals surface area contributed by atoms with Gasteiger partial charge in [0.2, 0.25) is 0 Å². The number of piperazine rings is 1. The molecule has 8 heteroatoms. The standard InChI is InChI=1S/C20H20ClN5O2/c1-23-18(24-7-2-3-8-24)17(14-22-23)20(28)26-11-9-25(10-12-26)19(27)15-5-4-6-16(21)13-15/h2-8,13-14H,9-12H2,1H3. The van der Waals surface area contributed by atoms with Crippen LogP contribution >= 0.6 is 11.6 Å². The first-order valence-corrected chi connectivity index (χ1v) is 9.42. The van der Waals surface area contributed by atoms with Gasteiger partial charge in [-0.25, -0.2) is 0 Å². The molecule has 0 aliphatic carbocycles. The second-order valence-electron chi connectivity index (χ2n) is 6.69. The largest absolute Gasteiger partial charge is 0.335 e. The van der Waals surface area contributed by atoms with Gasteiger partial charge in [-0.15, -0.1) is 0 Å². The van der Waals surface area contributed by atoms with E-state index in [2.05, 4.69) is 5.10 Å². The second kappa shape index (κ2) is 7.52. The van der Waals surface area contributed by atoms with E-state index in [1.807, 2.05) is 36.1 Å². The fourth-order valence-corrected chi connectivity index (χ4v) is 3.64. The monoisotopic (exact) mass is 397 g/mol. The number of hydrogen-bond donors (Lipinski definition) is 0. The molecule has 0 atom stereocenters. The Morgan fingerprint density at radius 3 is 2.25 bits per heavy atom. The van der Waals surface area contributed by atoms with Crippen molar-refractivity contribution in [3.05, 3.63) is 71.1 Å². The van der Waals surface area contributed by atoms with E-state index in [1.165, 1.54) is 0 Å². The Hall–Kier alpha value is -3.06. The molecule has 0 unspecified atom stereocenters. The van der Waals surface area contributed by atoms with Gasteiger partial charge in [0.05, 0.1) is 6.20 Å². The Morgan fingerprint density at radius 2 is 1.61 bits per heavy atom. The van der Waals surface area contributed by atoms with Gasteiger partial charge in [-0.05, 0) is 30.3 Å². The molecule has 1 aliphatic rings. The fraction of sp³-hybridized carbons (Fsp3) is 0.250. The lowest BCUT2D eigenvalue weighted by atomic mass is 10.1. The Morgan fingerprint density at radius 1 is 0.964 bits per heavy atom. The molecule has 3 aromatic rings. The number of carbonyl (C=O) groups excluding carboxylic acids is 2. The molecule has 0 N–H and O–H groups in total. The van der Waals surface area contributed by atoms with Gasteiger partial charge in [-0.3, -0.25) is 14.3 Å². The maximum Gasteiger partial charge on any atom is 0.259 e. The first-order valence-electron chi connectivity index (χ1n) is 9.04. The van der Waals surface area contributed by atoms with E-state index >= 15 is 0 Å². The van der Waals surface area contributed by atoms with Crippen LogP contribution in [0.1, 0.15) is 20.7 Å². The predicted molar refractivity (Wildman–Crippen MR) is 106 cm³/mol. The number of aryl methyl sites for hydroxylation is 1. The van der Waals surface area contributed by atoms with Gasteiger partial charge in [0, 0.05) is 56.2 Å². The highest BCUT2D eigenvalue weighted by molar-refractivity contribution is 6.30. The van der Waals surface area contributed by atoms with E-state index in [-0.39, 0.29) is 11.8 Å². The van der Waals surface area contributed by atoms with Crippen LogP contribution in [0.2, 0.25) is 5.02 Å². The van der Waals surface area contributed by atoms with Gasteiger partial charge in [0.25, 0.3) is 11.8 Å². The Balaban J connectivity index is 1.46. The topological polar surface area (TPSA) is 63.4 Å². The zero-order chi connectivity index (χ0) is 19.7. The molecule has 0 spiro atoms. The van der Waals surface area contributed by atoms with Gasteiger partial charge < -0.3 is 14.4 Å². The minimum atomic E-state index is -0.0772. The Bertz CT molecular complexity index is 1000. The third-order valence-corrected chi connectivity index (χ3v) is 5.15. The molecular formula is C20H20ClN5O2. The Labute approximate surface area is 167 Å². The van der Waals surface area contributed by atoms with Crippen LogP contribution in [0.4, 0.5) is 0 Å². The predicted octanol–water partition coefficient (Wildman–Crippen LogP) is 2.46. The molecular weight excluding hydrogens is 378 g/mol. The van der Waals surface area contributed by atoms with Crippen LogP contribution in [0, 0.1) is 0 Å². The molecule has 1 aliphatic heterocycles. The van der Waals surface area contributed by atoms with Crippen molar-refractivity contribution in [2.45, 2.75) is 0 Å². The number of rotatable bonds is 3. The number of hydrogen-bond acceptors (Lipinski definition) is 3. The highest BCUT2D eigenvalue weighted by Crippen LogP contribution is 2.19. The molecule has 7 nitrogen and oxygen atoms in total. The smallest absolute Gasteiger partial charge is 0.259 e. The van der Waals surface area contributed by atoms with Crippen LogP contribution < -0.4 is 0 Å². The lowest BCUT2D eigenvalue weighted by Gasteiger charge is -2.34. The van der Waals surface area contributed by atoms with Crippen LogP contribution in [0.3, 0.4) is 0 Å². The molecule has 28 heavy (non-hydrogen) atoms. The van der Waals surface area contributed by atoms with Crippen molar-refractivity contribution in [3.8, 4) is 5.82 Å². The van der Waals surface area contributed by atoms with Crippen molar-refractivity contribution in [2.24, 2.45) is 7.05 Å². The third kappa shape index (κ3) is 3.41. The van der Waals surface area contributed by atoms with Gasteiger partial charge in [-0.1, -0.05) is 17.7 Å². The first kappa shape index (κ1) is 18.3. The van der Waals surface area contributed by atoms with Crippen molar-refractivity contribution >= 4 is 23.4 Å².